The van der Waals surface area contributed by atoms with Crippen molar-refractivity contribution in [2.75, 3.05) is 6.61 Å². The zero-order valence-electron chi connectivity index (χ0n) is 6.14. The number of hydrogen-bond donors (Lipinski definition) is 4. The number of rotatable bonds is 4. The van der Waals surface area contributed by atoms with Crippen LogP contribution < -0.4 is 0 Å². The number of aliphatic hydroxyl groups excluding tert-OH is 3. The highest BCUT2D eigenvalue weighted by Gasteiger charge is 2.34. The van der Waals surface area contributed by atoms with Crippen LogP contribution in [0.25, 0.3) is 0 Å². The topological polar surface area (TPSA) is 98.0 Å². The monoisotopic (exact) mass is 164 g/mol. The van der Waals surface area contributed by atoms with Gasteiger partial charge in [0.1, 0.15) is 17.8 Å². The summed E-state index contributed by atoms with van der Waals surface area (Å²) in [4.78, 5) is 10.1. The van der Waals surface area contributed by atoms with E-state index in [2.05, 4.69) is 0 Å². The lowest BCUT2D eigenvalue weighted by Crippen LogP contribution is -2.49. The Morgan fingerprint density at radius 1 is 1.55 bits per heavy atom. The summed E-state index contributed by atoms with van der Waals surface area (Å²) in [5.41, 5.74) is -2.01. The molecule has 0 heterocycles. The minimum absolute atomic E-state index is 0.108. The second kappa shape index (κ2) is 3.77. The summed E-state index contributed by atoms with van der Waals surface area (Å²) >= 11 is 0. The van der Waals surface area contributed by atoms with Crippen molar-refractivity contribution in [3.8, 4) is 0 Å². The van der Waals surface area contributed by atoms with Crippen LogP contribution in [0.15, 0.2) is 0 Å². The quantitative estimate of drug-likeness (QED) is 0.349. The molecule has 0 aromatic heterocycles. The van der Waals surface area contributed by atoms with Gasteiger partial charge in [0, 0.05) is 0 Å². The SMILES string of the molecule is C[C@](O)(C=O)[C@@H](O)[C@H](O)CO. The molecule has 4 N–H and O–H groups in total. The molecule has 0 aromatic rings. The molecule has 0 aliphatic heterocycles. The van der Waals surface area contributed by atoms with E-state index in [0.717, 1.165) is 6.92 Å². The molecule has 11 heavy (non-hydrogen) atoms. The Morgan fingerprint density at radius 3 is 2.27 bits per heavy atom. The summed E-state index contributed by atoms with van der Waals surface area (Å²) in [6, 6.07) is 0. The molecule has 0 radical (unpaired) electrons. The van der Waals surface area contributed by atoms with E-state index in [9.17, 15) is 4.79 Å². The van der Waals surface area contributed by atoms with Crippen molar-refractivity contribution >= 4 is 6.29 Å². The van der Waals surface area contributed by atoms with E-state index >= 15 is 0 Å². The lowest BCUT2D eigenvalue weighted by atomic mass is 9.97. The van der Waals surface area contributed by atoms with Crippen molar-refractivity contribution in [2.45, 2.75) is 24.7 Å². The van der Waals surface area contributed by atoms with Gasteiger partial charge in [0.15, 0.2) is 6.29 Å². The predicted octanol–water partition coefficient (Wildman–Crippen LogP) is -2.35. The highest BCUT2D eigenvalue weighted by molar-refractivity contribution is 5.62. The van der Waals surface area contributed by atoms with Gasteiger partial charge in [-0.05, 0) is 6.92 Å². The van der Waals surface area contributed by atoms with E-state index in [1.165, 1.54) is 0 Å². The maximum Gasteiger partial charge on any atom is 0.154 e. The summed E-state index contributed by atoms with van der Waals surface area (Å²) in [7, 11) is 0. The first-order valence-electron chi connectivity index (χ1n) is 3.11. The predicted molar refractivity (Wildman–Crippen MR) is 35.8 cm³/mol. The average molecular weight is 164 g/mol. The standard InChI is InChI=1S/C6H12O5/c1-6(11,3-8)5(10)4(9)2-7/h3-5,7,9-11H,2H2,1H3/t4-,5+,6+/m1/s1. The second-order valence-electron chi connectivity index (χ2n) is 2.54. The van der Waals surface area contributed by atoms with Crippen molar-refractivity contribution in [1.82, 2.24) is 0 Å². The molecule has 3 atom stereocenters. The van der Waals surface area contributed by atoms with E-state index < -0.39 is 24.4 Å². The lowest BCUT2D eigenvalue weighted by molar-refractivity contribution is -0.148. The number of aliphatic hydroxyl groups is 4. The van der Waals surface area contributed by atoms with Gasteiger partial charge >= 0.3 is 0 Å². The zero-order chi connectivity index (χ0) is 9.07. The van der Waals surface area contributed by atoms with E-state index in [1.54, 1.807) is 0 Å². The molecule has 0 unspecified atom stereocenters. The Kier molecular flexibility index (Phi) is 3.61. The third-order valence-corrected chi connectivity index (χ3v) is 1.39. The van der Waals surface area contributed by atoms with Crippen LogP contribution in [0.4, 0.5) is 0 Å². The Balaban J connectivity index is 4.21. The minimum atomic E-state index is -2.01. The zero-order valence-corrected chi connectivity index (χ0v) is 6.14. The van der Waals surface area contributed by atoms with Crippen molar-refractivity contribution in [2.24, 2.45) is 0 Å². The molecule has 0 saturated heterocycles. The van der Waals surface area contributed by atoms with E-state index in [0.29, 0.717) is 0 Å². The van der Waals surface area contributed by atoms with Gasteiger partial charge < -0.3 is 25.2 Å². The van der Waals surface area contributed by atoms with Gasteiger partial charge in [-0.1, -0.05) is 0 Å². The van der Waals surface area contributed by atoms with Gasteiger partial charge in [0.25, 0.3) is 0 Å². The number of carbonyl (C=O) groups excluding carboxylic acids is 1. The summed E-state index contributed by atoms with van der Waals surface area (Å²) in [5, 5.41) is 35.1. The Bertz CT molecular complexity index is 133. The number of hydrogen-bond acceptors (Lipinski definition) is 5. The van der Waals surface area contributed by atoms with Crippen molar-refractivity contribution in [3.63, 3.8) is 0 Å². The van der Waals surface area contributed by atoms with Crippen molar-refractivity contribution in [1.29, 1.82) is 0 Å². The van der Waals surface area contributed by atoms with Gasteiger partial charge in [0.2, 0.25) is 0 Å². The van der Waals surface area contributed by atoms with Crippen LogP contribution in [0.1, 0.15) is 6.92 Å². The third-order valence-electron chi connectivity index (χ3n) is 1.39. The second-order valence-corrected chi connectivity index (χ2v) is 2.54. The minimum Gasteiger partial charge on any atom is -0.394 e. The molecule has 0 aliphatic carbocycles. The van der Waals surface area contributed by atoms with Gasteiger partial charge in [-0.25, -0.2) is 0 Å². The maximum absolute atomic E-state index is 10.1. The Morgan fingerprint density at radius 2 is 2.00 bits per heavy atom. The first kappa shape index (κ1) is 10.5. The average Bonchev–Trinajstić information content (AvgIpc) is 2.01. The number of carbonyl (C=O) groups is 1. The summed E-state index contributed by atoms with van der Waals surface area (Å²) in [6.07, 6.45) is -3.06. The molecule has 0 bridgehead atoms. The summed E-state index contributed by atoms with van der Waals surface area (Å²) in [6.45, 7) is 0.342. The van der Waals surface area contributed by atoms with Crippen molar-refractivity contribution in [3.05, 3.63) is 0 Å². The van der Waals surface area contributed by atoms with Gasteiger partial charge in [0.05, 0.1) is 6.61 Å². The molecule has 5 nitrogen and oxygen atoms in total. The molecule has 0 amide bonds. The van der Waals surface area contributed by atoms with Gasteiger partial charge in [-0.3, -0.25) is 0 Å². The van der Waals surface area contributed by atoms with E-state index in [1.807, 2.05) is 0 Å². The molecular formula is C6H12O5. The van der Waals surface area contributed by atoms with Crippen LogP contribution in [-0.4, -0.2) is 51.1 Å². The largest absolute Gasteiger partial charge is 0.394 e. The molecular weight excluding hydrogens is 152 g/mol. The first-order chi connectivity index (χ1) is 4.95. The Labute approximate surface area is 63.9 Å². The van der Waals surface area contributed by atoms with Crippen LogP contribution in [0.3, 0.4) is 0 Å². The van der Waals surface area contributed by atoms with Crippen LogP contribution in [0.2, 0.25) is 0 Å². The lowest BCUT2D eigenvalue weighted by Gasteiger charge is -2.25. The molecule has 0 saturated carbocycles. The highest BCUT2D eigenvalue weighted by atomic mass is 16.4. The fourth-order valence-corrected chi connectivity index (χ4v) is 0.559. The molecule has 0 aromatic carbocycles. The molecule has 0 fully saturated rings. The molecule has 66 valence electrons. The van der Waals surface area contributed by atoms with E-state index in [4.69, 9.17) is 20.4 Å². The van der Waals surface area contributed by atoms with Gasteiger partial charge in [-0.15, -0.1) is 0 Å². The maximum atomic E-state index is 10.1. The van der Waals surface area contributed by atoms with Gasteiger partial charge in [-0.2, -0.15) is 0 Å². The van der Waals surface area contributed by atoms with E-state index in [-0.39, 0.29) is 6.29 Å². The summed E-state index contributed by atoms with van der Waals surface area (Å²) in [5.74, 6) is 0. The molecule has 0 rings (SSSR count). The Hall–Kier alpha value is -0.490. The fourth-order valence-electron chi connectivity index (χ4n) is 0.559. The fraction of sp³-hybridized carbons (Fsp3) is 0.833. The van der Waals surface area contributed by atoms with Crippen LogP contribution in [-0.2, 0) is 4.79 Å². The number of aldehydes is 1. The summed E-state index contributed by atoms with van der Waals surface area (Å²) < 4.78 is 0. The molecule has 0 aliphatic rings. The smallest absolute Gasteiger partial charge is 0.154 e. The first-order valence-corrected chi connectivity index (χ1v) is 3.11. The van der Waals surface area contributed by atoms with Crippen LogP contribution in [0.5, 0.6) is 0 Å². The van der Waals surface area contributed by atoms with Crippen LogP contribution >= 0.6 is 0 Å². The van der Waals surface area contributed by atoms with Crippen molar-refractivity contribution < 1.29 is 25.2 Å². The van der Waals surface area contributed by atoms with Crippen LogP contribution in [0, 0.1) is 0 Å². The molecule has 5 heteroatoms. The normalized spacial score (nSPS) is 21.9. The molecule has 0 spiro atoms. The third kappa shape index (κ3) is 2.55. The highest BCUT2D eigenvalue weighted by Crippen LogP contribution is 2.09.